The van der Waals surface area contributed by atoms with Gasteiger partial charge in [0.1, 0.15) is 5.69 Å². The van der Waals surface area contributed by atoms with E-state index >= 15 is 0 Å². The zero-order valence-electron chi connectivity index (χ0n) is 12.0. The highest BCUT2D eigenvalue weighted by Gasteiger charge is 2.35. The summed E-state index contributed by atoms with van der Waals surface area (Å²) in [5, 5.41) is 4.51. The van der Waals surface area contributed by atoms with E-state index in [4.69, 9.17) is 11.6 Å². The zero-order valence-corrected chi connectivity index (χ0v) is 13.5. The monoisotopic (exact) mass is 338 g/mol. The molecule has 116 valence electrons. The Bertz CT molecular complexity index is 719. The van der Waals surface area contributed by atoms with Crippen molar-refractivity contribution in [3.05, 3.63) is 35.9 Å². The average Bonchev–Trinajstić information content (AvgIpc) is 3.04. The predicted molar refractivity (Wildman–Crippen MR) is 85.8 cm³/mol. The van der Waals surface area contributed by atoms with Crippen molar-refractivity contribution >= 4 is 34.0 Å². The number of hydrogen-bond acceptors (Lipinski definition) is 4. The van der Waals surface area contributed by atoms with Crippen LogP contribution in [0.15, 0.2) is 30.7 Å². The van der Waals surface area contributed by atoms with Crippen LogP contribution in [0.25, 0.3) is 5.69 Å². The van der Waals surface area contributed by atoms with Crippen LogP contribution in [-0.2, 0) is 15.6 Å². The van der Waals surface area contributed by atoms with Gasteiger partial charge in [0.05, 0.1) is 24.0 Å². The number of halogens is 1. The summed E-state index contributed by atoms with van der Waals surface area (Å²) < 4.78 is 12.9. The van der Waals surface area contributed by atoms with Gasteiger partial charge in [0.15, 0.2) is 5.15 Å². The Morgan fingerprint density at radius 2 is 2.32 bits per heavy atom. The standard InChI is InChI=1S/C14H15ClN4O2S/c1-22(21)9-10-4-6-18(14(10)20)12-8-19(17-13(12)15)11-3-2-5-16-7-11/h2-3,5,7-8,10H,4,6,9H2,1H3. The summed E-state index contributed by atoms with van der Waals surface area (Å²) in [6.45, 7) is 0.569. The molecule has 0 radical (unpaired) electrons. The molecule has 0 N–H and O–H groups in total. The van der Waals surface area contributed by atoms with Crippen molar-refractivity contribution in [2.75, 3.05) is 23.5 Å². The molecule has 1 saturated heterocycles. The predicted octanol–water partition coefficient (Wildman–Crippen LogP) is 1.65. The van der Waals surface area contributed by atoms with Gasteiger partial charge >= 0.3 is 0 Å². The van der Waals surface area contributed by atoms with Gasteiger partial charge in [0.2, 0.25) is 5.91 Å². The van der Waals surface area contributed by atoms with Gasteiger partial charge in [0, 0.05) is 35.5 Å². The summed E-state index contributed by atoms with van der Waals surface area (Å²) in [7, 11) is -0.987. The molecule has 2 aromatic heterocycles. The average molecular weight is 339 g/mol. The van der Waals surface area contributed by atoms with E-state index in [1.54, 1.807) is 40.5 Å². The number of rotatable bonds is 4. The molecule has 2 aromatic rings. The van der Waals surface area contributed by atoms with Gasteiger partial charge in [-0.3, -0.25) is 14.0 Å². The molecule has 2 unspecified atom stereocenters. The lowest BCUT2D eigenvalue weighted by Gasteiger charge is -2.14. The molecule has 1 fully saturated rings. The molecule has 8 heteroatoms. The molecule has 6 nitrogen and oxygen atoms in total. The maximum absolute atomic E-state index is 12.4. The SMILES string of the molecule is CS(=O)CC1CCN(c2cn(-c3cccnc3)nc2Cl)C1=O. The van der Waals surface area contributed by atoms with E-state index in [1.165, 1.54) is 0 Å². The Labute approximate surface area is 135 Å². The van der Waals surface area contributed by atoms with Gasteiger partial charge < -0.3 is 4.90 Å². The maximum atomic E-state index is 12.4. The van der Waals surface area contributed by atoms with Crippen molar-refractivity contribution in [1.29, 1.82) is 0 Å². The summed E-state index contributed by atoms with van der Waals surface area (Å²) in [6, 6.07) is 3.66. The molecule has 0 spiro atoms. The summed E-state index contributed by atoms with van der Waals surface area (Å²) in [5.74, 6) is 0.149. The Balaban J connectivity index is 1.86. The third-order valence-electron chi connectivity index (χ3n) is 3.61. The van der Waals surface area contributed by atoms with Crippen LogP contribution in [0, 0.1) is 5.92 Å². The first-order chi connectivity index (χ1) is 10.6. The number of nitrogens with zero attached hydrogens (tertiary/aromatic N) is 4. The molecule has 3 rings (SSSR count). The number of carbonyl (C=O) groups excluding carboxylic acids is 1. The van der Waals surface area contributed by atoms with Gasteiger partial charge in [-0.1, -0.05) is 11.6 Å². The second-order valence-corrected chi connectivity index (χ2v) is 7.01. The summed E-state index contributed by atoms with van der Waals surface area (Å²) in [6.07, 6.45) is 7.37. The number of carbonyl (C=O) groups is 1. The molecule has 0 saturated carbocycles. The van der Waals surface area contributed by atoms with E-state index < -0.39 is 10.8 Å². The Morgan fingerprint density at radius 3 is 3.00 bits per heavy atom. The van der Waals surface area contributed by atoms with Crippen LogP contribution >= 0.6 is 11.6 Å². The molecule has 3 heterocycles. The van der Waals surface area contributed by atoms with E-state index in [1.807, 2.05) is 6.07 Å². The minimum Gasteiger partial charge on any atom is -0.308 e. The summed E-state index contributed by atoms with van der Waals surface area (Å²) in [4.78, 5) is 18.1. The fourth-order valence-electron chi connectivity index (χ4n) is 2.56. The lowest BCUT2D eigenvalue weighted by atomic mass is 10.1. The first kappa shape index (κ1) is 15.2. The molecule has 0 bridgehead atoms. The molecule has 1 aliphatic rings. The van der Waals surface area contributed by atoms with E-state index in [0.717, 1.165) is 5.69 Å². The van der Waals surface area contributed by atoms with Gasteiger partial charge in [0.25, 0.3) is 0 Å². The number of hydrogen-bond donors (Lipinski definition) is 0. The number of aromatic nitrogens is 3. The number of amides is 1. The highest BCUT2D eigenvalue weighted by atomic mass is 35.5. The van der Waals surface area contributed by atoms with Crippen LogP contribution in [-0.4, -0.2) is 43.4 Å². The number of anilines is 1. The molecule has 0 aliphatic carbocycles. The fourth-order valence-corrected chi connectivity index (χ4v) is 3.67. The zero-order chi connectivity index (χ0) is 15.7. The van der Waals surface area contributed by atoms with E-state index in [2.05, 4.69) is 10.1 Å². The molecular weight excluding hydrogens is 324 g/mol. The highest BCUT2D eigenvalue weighted by Crippen LogP contribution is 2.31. The van der Waals surface area contributed by atoms with Crippen molar-refractivity contribution in [1.82, 2.24) is 14.8 Å². The largest absolute Gasteiger partial charge is 0.308 e. The first-order valence-corrected chi connectivity index (χ1v) is 8.93. The minimum atomic E-state index is -0.987. The lowest BCUT2D eigenvalue weighted by molar-refractivity contribution is -0.119. The van der Waals surface area contributed by atoms with Crippen molar-refractivity contribution in [3.63, 3.8) is 0 Å². The smallest absolute Gasteiger partial charge is 0.231 e. The Kier molecular flexibility index (Phi) is 4.26. The van der Waals surface area contributed by atoms with Crippen LogP contribution in [0.3, 0.4) is 0 Å². The van der Waals surface area contributed by atoms with Crippen molar-refractivity contribution in [3.8, 4) is 5.69 Å². The van der Waals surface area contributed by atoms with E-state index in [-0.39, 0.29) is 17.0 Å². The maximum Gasteiger partial charge on any atom is 0.231 e. The van der Waals surface area contributed by atoms with Crippen molar-refractivity contribution < 1.29 is 9.00 Å². The molecule has 22 heavy (non-hydrogen) atoms. The topological polar surface area (TPSA) is 68.1 Å². The van der Waals surface area contributed by atoms with Gasteiger partial charge in [-0.05, 0) is 18.6 Å². The normalized spacial score (nSPS) is 19.6. The third-order valence-corrected chi connectivity index (χ3v) is 4.75. The second-order valence-electron chi connectivity index (χ2n) is 5.18. The molecule has 2 atom stereocenters. The van der Waals surface area contributed by atoms with Crippen molar-refractivity contribution in [2.45, 2.75) is 6.42 Å². The first-order valence-electron chi connectivity index (χ1n) is 6.83. The molecule has 0 aromatic carbocycles. The van der Waals surface area contributed by atoms with Crippen LogP contribution < -0.4 is 4.90 Å². The van der Waals surface area contributed by atoms with Crippen LogP contribution in [0.1, 0.15) is 6.42 Å². The number of pyridine rings is 1. The molecule has 1 aliphatic heterocycles. The Hall–Kier alpha value is -1.73. The van der Waals surface area contributed by atoms with Crippen molar-refractivity contribution in [2.24, 2.45) is 5.92 Å². The summed E-state index contributed by atoms with van der Waals surface area (Å²) in [5.41, 5.74) is 1.36. The quantitative estimate of drug-likeness (QED) is 0.850. The minimum absolute atomic E-state index is 0.0390. The van der Waals surface area contributed by atoms with Gasteiger partial charge in [-0.2, -0.15) is 5.10 Å². The summed E-state index contributed by atoms with van der Waals surface area (Å²) >= 11 is 6.19. The van der Waals surface area contributed by atoms with Gasteiger partial charge in [-0.25, -0.2) is 4.68 Å². The third kappa shape index (κ3) is 2.91. The lowest BCUT2D eigenvalue weighted by Crippen LogP contribution is -2.28. The van der Waals surface area contributed by atoms with E-state index in [9.17, 15) is 9.00 Å². The van der Waals surface area contributed by atoms with Crippen LogP contribution in [0.5, 0.6) is 0 Å². The van der Waals surface area contributed by atoms with E-state index in [0.29, 0.717) is 24.4 Å². The van der Waals surface area contributed by atoms with Crippen LogP contribution in [0.4, 0.5) is 5.69 Å². The van der Waals surface area contributed by atoms with Crippen LogP contribution in [0.2, 0.25) is 5.15 Å². The molecular formula is C14H15ClN4O2S. The molecule has 1 amide bonds. The highest BCUT2D eigenvalue weighted by molar-refractivity contribution is 7.84. The second kappa shape index (κ2) is 6.18. The Morgan fingerprint density at radius 1 is 1.50 bits per heavy atom. The van der Waals surface area contributed by atoms with Gasteiger partial charge in [-0.15, -0.1) is 0 Å². The fraction of sp³-hybridized carbons (Fsp3) is 0.357.